The number of aromatic nitrogens is 2. The van der Waals surface area contributed by atoms with Crippen LogP contribution in [0.1, 0.15) is 12.0 Å². The van der Waals surface area contributed by atoms with E-state index < -0.39 is 5.97 Å². The maximum Gasteiger partial charge on any atom is 0.305 e. The fraction of sp³-hybridized carbons (Fsp3) is 0.250. The zero-order valence-electron chi connectivity index (χ0n) is 9.99. The standard InChI is InChI=1S/C12H12FN3O2S/c13-10-4-2-1-3-9(10)7-16(6-5-11(17)18)12-15-14-8-19-12/h1-4,8H,5-7H2,(H,17,18). The SMILES string of the molecule is O=C(O)CCN(Cc1ccccc1F)c1nncs1. The summed E-state index contributed by atoms with van der Waals surface area (Å²) in [6.07, 6.45) is -0.0337. The lowest BCUT2D eigenvalue weighted by Crippen LogP contribution is -2.26. The monoisotopic (exact) mass is 281 g/mol. The van der Waals surface area contributed by atoms with Crippen LogP contribution in [0.4, 0.5) is 9.52 Å². The molecule has 0 aliphatic carbocycles. The van der Waals surface area contributed by atoms with Gasteiger partial charge in [0.2, 0.25) is 5.13 Å². The Morgan fingerprint density at radius 2 is 2.21 bits per heavy atom. The van der Waals surface area contributed by atoms with Crippen LogP contribution in [0.25, 0.3) is 0 Å². The van der Waals surface area contributed by atoms with E-state index in [0.29, 0.717) is 10.7 Å². The summed E-state index contributed by atoms with van der Waals surface area (Å²) in [6.45, 7) is 0.536. The molecule has 0 fully saturated rings. The lowest BCUT2D eigenvalue weighted by atomic mass is 10.2. The van der Waals surface area contributed by atoms with Gasteiger partial charge in [0.05, 0.1) is 6.42 Å². The first-order chi connectivity index (χ1) is 9.16. The van der Waals surface area contributed by atoms with Gasteiger partial charge < -0.3 is 10.0 Å². The predicted molar refractivity (Wildman–Crippen MR) is 69.6 cm³/mol. The Hall–Kier alpha value is -2.02. The van der Waals surface area contributed by atoms with E-state index in [9.17, 15) is 9.18 Å². The number of aliphatic carboxylic acids is 1. The first-order valence-electron chi connectivity index (χ1n) is 5.63. The number of anilines is 1. The molecule has 0 aliphatic heterocycles. The van der Waals surface area contributed by atoms with Crippen molar-refractivity contribution in [3.05, 3.63) is 41.2 Å². The summed E-state index contributed by atoms with van der Waals surface area (Å²) in [5.74, 6) is -1.21. The summed E-state index contributed by atoms with van der Waals surface area (Å²) in [5, 5.41) is 17.0. The van der Waals surface area contributed by atoms with E-state index in [1.165, 1.54) is 17.4 Å². The van der Waals surface area contributed by atoms with E-state index in [-0.39, 0.29) is 25.3 Å². The zero-order chi connectivity index (χ0) is 13.7. The molecule has 2 rings (SSSR count). The average molecular weight is 281 g/mol. The number of carboxylic acid groups (broad SMARTS) is 1. The molecule has 2 aromatic rings. The largest absolute Gasteiger partial charge is 0.481 e. The quantitative estimate of drug-likeness (QED) is 0.879. The van der Waals surface area contributed by atoms with Gasteiger partial charge in [0.25, 0.3) is 0 Å². The summed E-state index contributed by atoms with van der Waals surface area (Å²) in [5.41, 5.74) is 2.06. The van der Waals surface area contributed by atoms with E-state index in [0.717, 1.165) is 0 Å². The van der Waals surface area contributed by atoms with Crippen LogP contribution in [0.15, 0.2) is 29.8 Å². The van der Waals surface area contributed by atoms with Crippen LogP contribution >= 0.6 is 11.3 Å². The number of carboxylic acids is 1. The van der Waals surface area contributed by atoms with Crippen molar-refractivity contribution in [2.45, 2.75) is 13.0 Å². The minimum atomic E-state index is -0.900. The maximum atomic E-state index is 13.6. The Kier molecular flexibility index (Phi) is 4.40. The van der Waals surface area contributed by atoms with Crippen LogP contribution in [0, 0.1) is 5.82 Å². The third-order valence-electron chi connectivity index (χ3n) is 2.53. The highest BCUT2D eigenvalue weighted by molar-refractivity contribution is 7.13. The number of hydrogen-bond acceptors (Lipinski definition) is 5. The van der Waals surface area contributed by atoms with Crippen molar-refractivity contribution in [3.8, 4) is 0 Å². The van der Waals surface area contributed by atoms with Crippen molar-refractivity contribution in [1.82, 2.24) is 10.2 Å². The van der Waals surface area contributed by atoms with E-state index in [1.807, 2.05) is 0 Å². The molecule has 7 heteroatoms. The molecule has 1 N–H and O–H groups in total. The first-order valence-corrected chi connectivity index (χ1v) is 6.51. The highest BCUT2D eigenvalue weighted by Gasteiger charge is 2.14. The summed E-state index contributed by atoms with van der Waals surface area (Å²) >= 11 is 1.30. The van der Waals surface area contributed by atoms with Crippen LogP contribution < -0.4 is 4.90 Å². The van der Waals surface area contributed by atoms with Gasteiger partial charge >= 0.3 is 5.97 Å². The lowest BCUT2D eigenvalue weighted by molar-refractivity contribution is -0.136. The minimum absolute atomic E-state index is 0.0337. The molecule has 0 aliphatic rings. The number of halogens is 1. The van der Waals surface area contributed by atoms with Gasteiger partial charge in [-0.25, -0.2) is 4.39 Å². The molecule has 0 saturated carbocycles. The van der Waals surface area contributed by atoms with Gasteiger partial charge in [0.1, 0.15) is 11.3 Å². The molecule has 1 heterocycles. The fourth-order valence-corrected chi connectivity index (χ4v) is 2.20. The Balaban J connectivity index is 2.14. The normalized spacial score (nSPS) is 10.4. The molecule has 19 heavy (non-hydrogen) atoms. The molecule has 1 aromatic carbocycles. The Morgan fingerprint density at radius 1 is 1.42 bits per heavy atom. The van der Waals surface area contributed by atoms with Gasteiger partial charge in [-0.3, -0.25) is 4.79 Å². The molecule has 0 amide bonds. The summed E-state index contributed by atoms with van der Waals surface area (Å²) in [6, 6.07) is 6.41. The number of nitrogens with zero attached hydrogens (tertiary/aromatic N) is 3. The van der Waals surface area contributed by atoms with Crippen LogP contribution in [-0.4, -0.2) is 27.8 Å². The minimum Gasteiger partial charge on any atom is -0.481 e. The van der Waals surface area contributed by atoms with Gasteiger partial charge in [0.15, 0.2) is 0 Å². The van der Waals surface area contributed by atoms with E-state index in [2.05, 4.69) is 10.2 Å². The second kappa shape index (κ2) is 6.24. The third kappa shape index (κ3) is 3.72. The van der Waals surface area contributed by atoms with Crippen molar-refractivity contribution in [2.24, 2.45) is 0 Å². The lowest BCUT2D eigenvalue weighted by Gasteiger charge is -2.20. The van der Waals surface area contributed by atoms with Crippen molar-refractivity contribution in [2.75, 3.05) is 11.4 Å². The van der Waals surface area contributed by atoms with Crippen LogP contribution in [-0.2, 0) is 11.3 Å². The van der Waals surface area contributed by atoms with Crippen molar-refractivity contribution >= 4 is 22.4 Å². The predicted octanol–water partition coefficient (Wildman–Crippen LogP) is 2.16. The van der Waals surface area contributed by atoms with Crippen molar-refractivity contribution in [3.63, 3.8) is 0 Å². The van der Waals surface area contributed by atoms with Crippen LogP contribution in [0.3, 0.4) is 0 Å². The second-order valence-corrected chi connectivity index (χ2v) is 4.69. The molecular formula is C12H12FN3O2S. The number of benzene rings is 1. The number of carbonyl (C=O) groups is 1. The molecule has 0 saturated heterocycles. The fourth-order valence-electron chi connectivity index (χ4n) is 1.61. The van der Waals surface area contributed by atoms with Gasteiger partial charge in [0, 0.05) is 18.7 Å². The second-order valence-electron chi connectivity index (χ2n) is 3.88. The molecule has 100 valence electrons. The van der Waals surface area contributed by atoms with Crippen LogP contribution in [0.5, 0.6) is 0 Å². The summed E-state index contributed by atoms with van der Waals surface area (Å²) in [7, 11) is 0. The Morgan fingerprint density at radius 3 is 2.84 bits per heavy atom. The molecule has 0 unspecified atom stereocenters. The highest BCUT2D eigenvalue weighted by Crippen LogP contribution is 2.20. The molecular weight excluding hydrogens is 269 g/mol. The van der Waals surface area contributed by atoms with Crippen LogP contribution in [0.2, 0.25) is 0 Å². The summed E-state index contributed by atoms with van der Waals surface area (Å²) in [4.78, 5) is 12.4. The summed E-state index contributed by atoms with van der Waals surface area (Å²) < 4.78 is 13.6. The van der Waals surface area contributed by atoms with Gasteiger partial charge in [-0.2, -0.15) is 0 Å². The number of rotatable bonds is 6. The molecule has 0 atom stereocenters. The van der Waals surface area contributed by atoms with Crippen molar-refractivity contribution < 1.29 is 14.3 Å². The molecule has 5 nitrogen and oxygen atoms in total. The molecule has 0 spiro atoms. The van der Waals surface area contributed by atoms with Gasteiger partial charge in [-0.1, -0.05) is 29.5 Å². The topological polar surface area (TPSA) is 66.3 Å². The Labute approximate surface area is 113 Å². The smallest absolute Gasteiger partial charge is 0.305 e. The van der Waals surface area contributed by atoms with E-state index in [1.54, 1.807) is 28.6 Å². The number of hydrogen-bond donors (Lipinski definition) is 1. The maximum absolute atomic E-state index is 13.6. The highest BCUT2D eigenvalue weighted by atomic mass is 32.1. The van der Waals surface area contributed by atoms with Gasteiger partial charge in [-0.15, -0.1) is 10.2 Å². The molecule has 0 bridgehead atoms. The molecule has 1 aromatic heterocycles. The molecule has 0 radical (unpaired) electrons. The third-order valence-corrected chi connectivity index (χ3v) is 3.28. The first kappa shape index (κ1) is 13.4. The van der Waals surface area contributed by atoms with E-state index >= 15 is 0 Å². The van der Waals surface area contributed by atoms with Crippen molar-refractivity contribution in [1.29, 1.82) is 0 Å². The van der Waals surface area contributed by atoms with Gasteiger partial charge in [-0.05, 0) is 6.07 Å². The van der Waals surface area contributed by atoms with E-state index in [4.69, 9.17) is 5.11 Å². The Bertz CT molecular complexity index is 548. The zero-order valence-corrected chi connectivity index (χ0v) is 10.8. The average Bonchev–Trinajstić information content (AvgIpc) is 2.90.